The van der Waals surface area contributed by atoms with E-state index >= 15 is 0 Å². The van der Waals surface area contributed by atoms with Crippen molar-refractivity contribution in [2.24, 2.45) is 0 Å². The van der Waals surface area contributed by atoms with Crippen molar-refractivity contribution in [1.82, 2.24) is 0 Å². The van der Waals surface area contributed by atoms with Gasteiger partial charge in [0.15, 0.2) is 9.04 Å². The molecule has 2 aliphatic rings. The standard InChI is InChI=1S/C12H26O4Si2/c1-17-8-4-3-7-15-18(2,16-17)9-5-6-13-10-12-11-14-12/h12,17H,3-11H2,1-2H3. The summed E-state index contributed by atoms with van der Waals surface area (Å²) in [5, 5.41) is 0. The fourth-order valence-electron chi connectivity index (χ4n) is 2.35. The third kappa shape index (κ3) is 5.50. The molecule has 0 saturated carbocycles. The smallest absolute Gasteiger partial charge is 0.324 e. The van der Waals surface area contributed by atoms with Gasteiger partial charge in [0.2, 0.25) is 0 Å². The van der Waals surface area contributed by atoms with Gasteiger partial charge in [-0.1, -0.05) is 6.42 Å². The molecule has 3 atom stereocenters. The highest BCUT2D eigenvalue weighted by Gasteiger charge is 2.34. The Hall–Kier alpha value is 0.274. The van der Waals surface area contributed by atoms with Crippen LogP contribution in [0.4, 0.5) is 0 Å². The second kappa shape index (κ2) is 7.16. The highest BCUT2D eigenvalue weighted by atomic mass is 28.4. The molecule has 0 spiro atoms. The van der Waals surface area contributed by atoms with E-state index in [9.17, 15) is 0 Å². The van der Waals surface area contributed by atoms with E-state index in [1.165, 1.54) is 18.9 Å². The molecule has 0 aromatic rings. The summed E-state index contributed by atoms with van der Waals surface area (Å²) in [4.78, 5) is 0. The molecule has 0 amide bonds. The lowest BCUT2D eigenvalue weighted by molar-refractivity contribution is 0.114. The summed E-state index contributed by atoms with van der Waals surface area (Å²) in [5.41, 5.74) is 0. The van der Waals surface area contributed by atoms with Crippen LogP contribution in [0.2, 0.25) is 25.2 Å². The van der Waals surface area contributed by atoms with Crippen molar-refractivity contribution in [3.63, 3.8) is 0 Å². The molecule has 4 nitrogen and oxygen atoms in total. The van der Waals surface area contributed by atoms with Crippen molar-refractivity contribution in [3.05, 3.63) is 0 Å². The predicted molar refractivity (Wildman–Crippen MR) is 75.7 cm³/mol. The van der Waals surface area contributed by atoms with Gasteiger partial charge in [-0.2, -0.15) is 0 Å². The van der Waals surface area contributed by atoms with E-state index in [4.69, 9.17) is 18.0 Å². The lowest BCUT2D eigenvalue weighted by Gasteiger charge is -2.32. The zero-order chi connectivity index (χ0) is 12.8. The maximum atomic E-state index is 6.29. The van der Waals surface area contributed by atoms with Gasteiger partial charge < -0.3 is 18.0 Å². The van der Waals surface area contributed by atoms with Gasteiger partial charge in [0, 0.05) is 13.2 Å². The van der Waals surface area contributed by atoms with Crippen molar-refractivity contribution in [3.8, 4) is 0 Å². The fourth-order valence-corrected chi connectivity index (χ4v) is 9.34. The minimum absolute atomic E-state index is 0.374. The first kappa shape index (κ1) is 14.7. The SMILES string of the molecule is C[SiH]1CCCCO[Si](C)(CCCOCC2CO2)O1. The maximum Gasteiger partial charge on any atom is 0.324 e. The molecular weight excluding hydrogens is 264 g/mol. The average Bonchev–Trinajstić information content (AvgIpc) is 3.10. The van der Waals surface area contributed by atoms with Crippen molar-refractivity contribution in [2.75, 3.05) is 26.4 Å². The van der Waals surface area contributed by atoms with Crippen LogP contribution in [0.1, 0.15) is 19.3 Å². The quantitative estimate of drug-likeness (QED) is 0.426. The van der Waals surface area contributed by atoms with E-state index in [0.29, 0.717) is 6.10 Å². The van der Waals surface area contributed by atoms with Gasteiger partial charge in [0.1, 0.15) is 6.10 Å². The van der Waals surface area contributed by atoms with Crippen molar-refractivity contribution in [2.45, 2.75) is 50.5 Å². The van der Waals surface area contributed by atoms with Crippen LogP contribution in [0, 0.1) is 0 Å². The first-order valence-corrected chi connectivity index (χ1v) is 12.2. The van der Waals surface area contributed by atoms with Crippen LogP contribution in [-0.4, -0.2) is 50.1 Å². The van der Waals surface area contributed by atoms with Crippen molar-refractivity contribution in [1.29, 1.82) is 0 Å². The molecule has 106 valence electrons. The van der Waals surface area contributed by atoms with Gasteiger partial charge in [0.25, 0.3) is 0 Å². The zero-order valence-corrected chi connectivity index (χ0v) is 13.8. The van der Waals surface area contributed by atoms with E-state index in [1.54, 1.807) is 0 Å². The van der Waals surface area contributed by atoms with Gasteiger partial charge in [-0.15, -0.1) is 0 Å². The topological polar surface area (TPSA) is 40.2 Å². The van der Waals surface area contributed by atoms with Crippen LogP contribution in [0.5, 0.6) is 0 Å². The molecule has 2 rings (SSSR count). The van der Waals surface area contributed by atoms with Gasteiger partial charge in [-0.25, -0.2) is 0 Å². The summed E-state index contributed by atoms with van der Waals surface area (Å²) in [6.45, 7) is 7.87. The summed E-state index contributed by atoms with van der Waals surface area (Å²) in [5.74, 6) is 0. The van der Waals surface area contributed by atoms with Gasteiger partial charge in [0.05, 0.1) is 13.2 Å². The molecule has 2 heterocycles. The number of hydrogen-bond donors (Lipinski definition) is 0. The van der Waals surface area contributed by atoms with Crippen LogP contribution < -0.4 is 0 Å². The van der Waals surface area contributed by atoms with Crippen molar-refractivity contribution >= 4 is 17.6 Å². The summed E-state index contributed by atoms with van der Waals surface area (Å²) >= 11 is 0. The number of rotatable bonds is 6. The normalized spacial score (nSPS) is 37.0. The Morgan fingerprint density at radius 2 is 2.22 bits per heavy atom. The van der Waals surface area contributed by atoms with Gasteiger partial charge in [-0.05, 0) is 38.0 Å². The van der Waals surface area contributed by atoms with E-state index < -0.39 is 17.6 Å². The fraction of sp³-hybridized carbons (Fsp3) is 1.00. The summed E-state index contributed by atoms with van der Waals surface area (Å²) in [6, 6.07) is 2.37. The molecular formula is C12H26O4Si2. The Balaban J connectivity index is 1.63. The maximum absolute atomic E-state index is 6.29. The molecule has 2 aliphatic heterocycles. The second-order valence-corrected chi connectivity index (χ2v) is 11.7. The predicted octanol–water partition coefficient (Wildman–Crippen LogP) is 2.04. The molecule has 0 radical (unpaired) electrons. The molecule has 0 aliphatic carbocycles. The number of epoxide rings is 1. The lowest BCUT2D eigenvalue weighted by atomic mass is 10.4. The van der Waals surface area contributed by atoms with Crippen LogP contribution in [0.25, 0.3) is 0 Å². The Labute approximate surface area is 113 Å². The highest BCUT2D eigenvalue weighted by molar-refractivity contribution is 6.74. The third-order valence-corrected chi connectivity index (χ3v) is 10.4. The molecule has 0 aromatic carbocycles. The van der Waals surface area contributed by atoms with Crippen LogP contribution in [0.3, 0.4) is 0 Å². The molecule has 3 unspecified atom stereocenters. The third-order valence-electron chi connectivity index (χ3n) is 3.49. The van der Waals surface area contributed by atoms with Crippen LogP contribution >= 0.6 is 0 Å². The average molecular weight is 291 g/mol. The van der Waals surface area contributed by atoms with E-state index in [2.05, 4.69) is 13.1 Å². The van der Waals surface area contributed by atoms with Gasteiger partial charge in [-0.3, -0.25) is 0 Å². The molecule has 2 fully saturated rings. The molecule has 18 heavy (non-hydrogen) atoms. The minimum atomic E-state index is -1.89. The first-order chi connectivity index (χ1) is 8.68. The molecule has 0 bridgehead atoms. The van der Waals surface area contributed by atoms with E-state index in [1.807, 2.05) is 0 Å². The first-order valence-electron chi connectivity index (χ1n) is 7.19. The summed E-state index contributed by atoms with van der Waals surface area (Å²) in [7, 11) is -2.88. The summed E-state index contributed by atoms with van der Waals surface area (Å²) in [6.07, 6.45) is 3.91. The molecule has 0 aromatic heterocycles. The molecule has 2 saturated heterocycles. The Kier molecular flexibility index (Phi) is 5.84. The molecule has 6 heteroatoms. The minimum Gasteiger partial charge on any atom is -0.439 e. The zero-order valence-electron chi connectivity index (χ0n) is 11.7. The summed E-state index contributed by atoms with van der Waals surface area (Å²) < 4.78 is 23.0. The number of ether oxygens (including phenoxy) is 2. The molecule has 0 N–H and O–H groups in total. The Morgan fingerprint density at radius 1 is 1.39 bits per heavy atom. The van der Waals surface area contributed by atoms with Crippen molar-refractivity contribution < 1.29 is 18.0 Å². The highest BCUT2D eigenvalue weighted by Crippen LogP contribution is 2.22. The van der Waals surface area contributed by atoms with Crippen LogP contribution in [-0.2, 0) is 18.0 Å². The lowest BCUT2D eigenvalue weighted by Crippen LogP contribution is -2.44. The Bertz CT molecular complexity index is 250. The monoisotopic (exact) mass is 290 g/mol. The van der Waals surface area contributed by atoms with E-state index in [0.717, 1.165) is 38.9 Å². The number of hydrogen-bond acceptors (Lipinski definition) is 4. The van der Waals surface area contributed by atoms with Crippen LogP contribution in [0.15, 0.2) is 0 Å². The largest absolute Gasteiger partial charge is 0.439 e. The van der Waals surface area contributed by atoms with Gasteiger partial charge >= 0.3 is 8.56 Å². The van der Waals surface area contributed by atoms with E-state index in [-0.39, 0.29) is 0 Å². The Morgan fingerprint density at radius 3 is 3.00 bits per heavy atom. The second-order valence-electron chi connectivity index (χ2n) is 5.54.